The summed E-state index contributed by atoms with van der Waals surface area (Å²) in [4.78, 5) is 33.3. The van der Waals surface area contributed by atoms with Gasteiger partial charge in [-0.05, 0) is 25.1 Å². The molecule has 0 spiro atoms. The first-order valence-corrected chi connectivity index (χ1v) is 11.0. The fraction of sp³-hybridized carbons (Fsp3) is 0.238. The van der Waals surface area contributed by atoms with Crippen molar-refractivity contribution in [2.45, 2.75) is 13.0 Å². The maximum absolute atomic E-state index is 14.9. The lowest BCUT2D eigenvalue weighted by molar-refractivity contribution is -0.126. The van der Waals surface area contributed by atoms with E-state index in [2.05, 4.69) is 16.7 Å². The summed E-state index contributed by atoms with van der Waals surface area (Å²) < 4.78 is 16.0. The van der Waals surface area contributed by atoms with E-state index in [1.54, 1.807) is 4.90 Å². The fourth-order valence-corrected chi connectivity index (χ4v) is 4.69. The van der Waals surface area contributed by atoms with Gasteiger partial charge in [0.05, 0.1) is 31.9 Å². The zero-order valence-corrected chi connectivity index (χ0v) is 19.6. The number of nitrogens with zero attached hydrogens (tertiary/aromatic N) is 5. The highest BCUT2D eigenvalue weighted by molar-refractivity contribution is 6.38. The number of amides is 1. The molecule has 1 aliphatic rings. The largest absolute Gasteiger partial charge is 0.397 e. The van der Waals surface area contributed by atoms with Crippen molar-refractivity contribution in [3.05, 3.63) is 62.4 Å². The highest BCUT2D eigenvalue weighted by atomic mass is 35.5. The first kappa shape index (κ1) is 23.3. The molecule has 1 saturated heterocycles. The summed E-state index contributed by atoms with van der Waals surface area (Å²) in [6, 6.07) is 2.51. The molecule has 0 unspecified atom stereocenters. The van der Waals surface area contributed by atoms with Crippen LogP contribution >= 0.6 is 34.8 Å². The van der Waals surface area contributed by atoms with Crippen LogP contribution in [0.15, 0.2) is 35.9 Å². The van der Waals surface area contributed by atoms with Gasteiger partial charge in [-0.25, -0.2) is 9.37 Å². The topological polar surface area (TPSA) is 96.8 Å². The average molecular weight is 512 g/mol. The number of aromatic nitrogens is 3. The van der Waals surface area contributed by atoms with Crippen molar-refractivity contribution in [3.63, 3.8) is 0 Å². The number of nitrogen functional groups attached to an aromatic ring is 1. The van der Waals surface area contributed by atoms with Gasteiger partial charge in [-0.3, -0.25) is 9.59 Å². The van der Waals surface area contributed by atoms with Gasteiger partial charge in [0, 0.05) is 25.7 Å². The first-order valence-electron chi connectivity index (χ1n) is 9.83. The molecule has 3 aromatic rings. The minimum absolute atomic E-state index is 0.0129. The van der Waals surface area contributed by atoms with E-state index in [0.717, 1.165) is 10.6 Å². The van der Waals surface area contributed by atoms with Crippen molar-refractivity contribution in [3.8, 4) is 11.1 Å². The third kappa shape index (κ3) is 3.90. The van der Waals surface area contributed by atoms with Gasteiger partial charge < -0.3 is 15.5 Å². The smallest absolute Gasteiger partial charge is 0.281 e. The van der Waals surface area contributed by atoms with Crippen LogP contribution in [0, 0.1) is 5.82 Å². The highest BCUT2D eigenvalue weighted by Gasteiger charge is 2.29. The highest BCUT2D eigenvalue weighted by Crippen LogP contribution is 2.40. The van der Waals surface area contributed by atoms with Crippen LogP contribution in [0.4, 0.5) is 15.9 Å². The van der Waals surface area contributed by atoms with Crippen LogP contribution in [0.5, 0.6) is 0 Å². The molecule has 1 aromatic carbocycles. The van der Waals surface area contributed by atoms with Gasteiger partial charge in [0.1, 0.15) is 11.8 Å². The number of halogens is 4. The number of piperazine rings is 1. The van der Waals surface area contributed by atoms with E-state index in [0.29, 0.717) is 31.0 Å². The quantitative estimate of drug-likeness (QED) is 0.327. The van der Waals surface area contributed by atoms with Crippen LogP contribution in [0.2, 0.25) is 15.1 Å². The van der Waals surface area contributed by atoms with Gasteiger partial charge in [-0.1, -0.05) is 41.4 Å². The molecule has 0 saturated carbocycles. The molecule has 33 heavy (non-hydrogen) atoms. The van der Waals surface area contributed by atoms with Crippen molar-refractivity contribution in [1.29, 1.82) is 0 Å². The first-order chi connectivity index (χ1) is 15.6. The lowest BCUT2D eigenvalue weighted by Gasteiger charge is -2.40. The molecule has 1 atom stereocenters. The van der Waals surface area contributed by atoms with Crippen LogP contribution in [0.25, 0.3) is 16.6 Å². The summed E-state index contributed by atoms with van der Waals surface area (Å²) in [6.07, 6.45) is 2.50. The number of hydrogen-bond donors (Lipinski definition) is 1. The van der Waals surface area contributed by atoms with E-state index < -0.39 is 11.4 Å². The monoisotopic (exact) mass is 510 g/mol. The van der Waals surface area contributed by atoms with Crippen molar-refractivity contribution in [2.24, 2.45) is 0 Å². The molecule has 2 aromatic heterocycles. The molecule has 8 nitrogen and oxygen atoms in total. The number of hydrogen-bond acceptors (Lipinski definition) is 6. The maximum Gasteiger partial charge on any atom is 0.281 e. The van der Waals surface area contributed by atoms with Crippen molar-refractivity contribution in [2.75, 3.05) is 30.3 Å². The van der Waals surface area contributed by atoms with Gasteiger partial charge in [0.15, 0.2) is 11.6 Å². The maximum atomic E-state index is 14.9. The zero-order chi connectivity index (χ0) is 24.0. The zero-order valence-electron chi connectivity index (χ0n) is 17.4. The van der Waals surface area contributed by atoms with Crippen LogP contribution in [-0.4, -0.2) is 51.1 Å². The molecule has 3 heterocycles. The van der Waals surface area contributed by atoms with E-state index in [9.17, 15) is 14.0 Å². The second-order valence-corrected chi connectivity index (χ2v) is 8.75. The molecular weight excluding hydrogens is 494 g/mol. The van der Waals surface area contributed by atoms with E-state index >= 15 is 0 Å². The molecule has 1 fully saturated rings. The van der Waals surface area contributed by atoms with E-state index in [-0.39, 0.29) is 43.8 Å². The summed E-state index contributed by atoms with van der Waals surface area (Å²) in [6.45, 7) is 6.81. The van der Waals surface area contributed by atoms with Crippen LogP contribution < -0.4 is 16.2 Å². The molecule has 172 valence electrons. The third-order valence-corrected chi connectivity index (χ3v) is 6.44. The second kappa shape index (κ2) is 8.81. The Kier molecular flexibility index (Phi) is 6.22. The number of benzene rings is 1. The number of carbonyl (C=O) groups excluding carboxylic acids is 1. The lowest BCUT2D eigenvalue weighted by Crippen LogP contribution is -2.53. The van der Waals surface area contributed by atoms with E-state index in [1.807, 2.05) is 11.8 Å². The van der Waals surface area contributed by atoms with Gasteiger partial charge >= 0.3 is 0 Å². The molecule has 0 aliphatic carbocycles. The Morgan fingerprint density at radius 3 is 2.61 bits per heavy atom. The molecule has 0 radical (unpaired) electrons. The van der Waals surface area contributed by atoms with E-state index in [1.165, 1.54) is 18.5 Å². The SMILES string of the molecule is C=CC(=O)N1CCN(c2ncnn3c(=O)c(-c4c(N)c(Cl)cc(Cl)c4F)c(Cl)cc23)[C@@H](C)C1. The van der Waals surface area contributed by atoms with Crippen LogP contribution in [-0.2, 0) is 4.79 Å². The van der Waals surface area contributed by atoms with Gasteiger partial charge in [0.2, 0.25) is 5.91 Å². The number of rotatable bonds is 3. The standard InChI is InChI=1S/C21H18Cl3FN6O2/c1-3-15(32)29-4-5-30(10(2)8-29)20-14-7-11(22)16(21(33)31(14)28-9-27-20)17-18(25)12(23)6-13(24)19(17)26/h3,6-7,9-10H,1,4-5,8,26H2,2H3/t10-/m0/s1. The number of anilines is 2. The Hall–Kier alpha value is -2.88. The Balaban J connectivity index is 1.87. The van der Waals surface area contributed by atoms with Crippen molar-refractivity contribution < 1.29 is 9.18 Å². The lowest BCUT2D eigenvalue weighted by atomic mass is 10.0. The summed E-state index contributed by atoms with van der Waals surface area (Å²) in [5.74, 6) is -0.618. The predicted octanol–water partition coefficient (Wildman–Crippen LogP) is 3.66. The predicted molar refractivity (Wildman–Crippen MR) is 128 cm³/mol. The number of pyridine rings is 1. The average Bonchev–Trinajstić information content (AvgIpc) is 2.79. The minimum Gasteiger partial charge on any atom is -0.397 e. The fourth-order valence-electron chi connectivity index (χ4n) is 3.95. The van der Waals surface area contributed by atoms with E-state index in [4.69, 9.17) is 40.5 Å². The van der Waals surface area contributed by atoms with Crippen LogP contribution in [0.3, 0.4) is 0 Å². The van der Waals surface area contributed by atoms with Crippen LogP contribution in [0.1, 0.15) is 6.92 Å². The van der Waals surface area contributed by atoms with Gasteiger partial charge in [-0.15, -0.1) is 0 Å². The summed E-state index contributed by atoms with van der Waals surface area (Å²) in [5.41, 5.74) is 4.90. The molecule has 1 amide bonds. The van der Waals surface area contributed by atoms with Crippen molar-refractivity contribution >= 4 is 57.7 Å². The number of nitrogens with two attached hydrogens (primary N) is 1. The summed E-state index contributed by atoms with van der Waals surface area (Å²) >= 11 is 18.4. The Morgan fingerprint density at radius 1 is 1.21 bits per heavy atom. The van der Waals surface area contributed by atoms with Crippen molar-refractivity contribution in [1.82, 2.24) is 19.5 Å². The summed E-state index contributed by atoms with van der Waals surface area (Å²) in [5, 5.41) is 3.68. The third-order valence-electron chi connectivity index (χ3n) is 5.56. The summed E-state index contributed by atoms with van der Waals surface area (Å²) in [7, 11) is 0. The molecule has 0 bridgehead atoms. The normalized spacial score (nSPS) is 16.3. The minimum atomic E-state index is -0.913. The molecule has 2 N–H and O–H groups in total. The Labute approximate surface area is 203 Å². The van der Waals surface area contributed by atoms with Gasteiger partial charge in [-0.2, -0.15) is 9.61 Å². The van der Waals surface area contributed by atoms with Gasteiger partial charge in [0.25, 0.3) is 5.56 Å². The molecule has 4 rings (SSSR count). The second-order valence-electron chi connectivity index (χ2n) is 7.53. The molecule has 1 aliphatic heterocycles. The molecule has 12 heteroatoms. The number of carbonyl (C=O) groups is 1. The number of fused-ring (bicyclic) bond motifs is 1. The Bertz CT molecular complexity index is 1340. The molecular formula is C21H18Cl3FN6O2. The Morgan fingerprint density at radius 2 is 1.94 bits per heavy atom.